The number of hydrogen-bond acceptors (Lipinski definition) is 2. The summed E-state index contributed by atoms with van der Waals surface area (Å²) in [6, 6.07) is 6.54. The number of rotatable bonds is 4. The highest BCUT2D eigenvalue weighted by molar-refractivity contribution is 9.10. The molecule has 1 unspecified atom stereocenters. The molecule has 1 heterocycles. The number of likely N-dealkylation sites (tertiary alicyclic amines) is 1. The number of benzene rings is 1. The van der Waals surface area contributed by atoms with Gasteiger partial charge in [-0.05, 0) is 54.6 Å². The Labute approximate surface area is 167 Å². The third kappa shape index (κ3) is 3.67. The molecule has 0 bridgehead atoms. The summed E-state index contributed by atoms with van der Waals surface area (Å²) in [5.41, 5.74) is 3.04. The molecule has 3 nitrogen and oxygen atoms in total. The first-order valence-corrected chi connectivity index (χ1v) is 13.5. The molecule has 1 aromatic rings. The normalized spacial score (nSPS) is 23.6. The van der Waals surface area contributed by atoms with E-state index in [4.69, 9.17) is 4.43 Å². The molecule has 1 saturated heterocycles. The van der Waals surface area contributed by atoms with Gasteiger partial charge in [0.2, 0.25) is 5.91 Å². The molecule has 1 aliphatic heterocycles. The lowest BCUT2D eigenvalue weighted by molar-refractivity contribution is -0.136. The molecule has 0 saturated carbocycles. The number of nitrogens with zero attached hydrogens (tertiary/aromatic N) is 1. The van der Waals surface area contributed by atoms with Gasteiger partial charge in [0.25, 0.3) is 0 Å². The molecule has 1 spiro atoms. The second kappa shape index (κ2) is 7.06. The number of piperidine rings is 1. The van der Waals surface area contributed by atoms with Crippen molar-refractivity contribution < 1.29 is 9.22 Å². The van der Waals surface area contributed by atoms with Crippen LogP contribution in [0.1, 0.15) is 51.2 Å². The topological polar surface area (TPSA) is 29.5 Å². The summed E-state index contributed by atoms with van der Waals surface area (Å²) < 4.78 is 7.54. The first kappa shape index (κ1) is 20.1. The van der Waals surface area contributed by atoms with E-state index in [1.807, 2.05) is 0 Å². The summed E-state index contributed by atoms with van der Waals surface area (Å²) >= 11 is 3.71. The van der Waals surface area contributed by atoms with Gasteiger partial charge in [-0.1, -0.05) is 48.8 Å². The van der Waals surface area contributed by atoms with Gasteiger partial charge in [0.1, 0.15) is 0 Å². The lowest BCUT2D eigenvalue weighted by Gasteiger charge is -2.42. The molecule has 1 aromatic carbocycles. The zero-order chi connectivity index (χ0) is 19.2. The van der Waals surface area contributed by atoms with Crippen molar-refractivity contribution >= 4 is 30.2 Å². The van der Waals surface area contributed by atoms with E-state index in [0.717, 1.165) is 32.4 Å². The molecule has 144 valence electrons. The second-order valence-corrected chi connectivity index (χ2v) is 15.1. The fourth-order valence-corrected chi connectivity index (χ4v) is 5.70. The van der Waals surface area contributed by atoms with Gasteiger partial charge in [0.15, 0.2) is 8.32 Å². The number of fused-ring (bicyclic) bond motifs is 2. The summed E-state index contributed by atoms with van der Waals surface area (Å²) in [6.07, 6.45) is 3.90. The highest BCUT2D eigenvalue weighted by atomic mass is 79.9. The molecule has 0 aromatic heterocycles. The van der Waals surface area contributed by atoms with Crippen LogP contribution < -0.4 is 0 Å². The van der Waals surface area contributed by atoms with Crippen LogP contribution in [0.2, 0.25) is 18.1 Å². The predicted molar refractivity (Wildman–Crippen MR) is 113 cm³/mol. The Hall–Kier alpha value is -0.653. The minimum absolute atomic E-state index is 0.143. The molecule has 5 heteroatoms. The number of carbonyl (C=O) groups is 1. The van der Waals surface area contributed by atoms with Crippen molar-refractivity contribution in [3.05, 3.63) is 33.8 Å². The lowest BCUT2D eigenvalue weighted by Crippen LogP contribution is -2.50. The van der Waals surface area contributed by atoms with Gasteiger partial charge in [-0.2, -0.15) is 0 Å². The Bertz CT molecular complexity index is 698. The van der Waals surface area contributed by atoms with Crippen LogP contribution in [0.15, 0.2) is 22.7 Å². The molecular formula is C21H32BrNO2Si. The zero-order valence-corrected chi connectivity index (χ0v) is 19.4. The fraction of sp³-hybridized carbons (Fsp3) is 0.667. The molecule has 0 radical (unpaired) electrons. The Kier molecular flexibility index (Phi) is 5.46. The third-order valence-electron chi connectivity index (χ3n) is 6.84. The molecule has 1 aliphatic carbocycles. The van der Waals surface area contributed by atoms with Gasteiger partial charge in [-0.25, -0.2) is 0 Å². The Balaban J connectivity index is 1.69. The van der Waals surface area contributed by atoms with Crippen LogP contribution >= 0.6 is 15.9 Å². The summed E-state index contributed by atoms with van der Waals surface area (Å²) in [5.74, 6) is 0.290. The van der Waals surface area contributed by atoms with Gasteiger partial charge in [0.05, 0.1) is 6.61 Å². The summed E-state index contributed by atoms with van der Waals surface area (Å²) in [7, 11) is -1.76. The van der Waals surface area contributed by atoms with Crippen LogP contribution in [0.3, 0.4) is 0 Å². The zero-order valence-electron chi connectivity index (χ0n) is 16.8. The van der Waals surface area contributed by atoms with Gasteiger partial charge >= 0.3 is 0 Å². The smallest absolute Gasteiger partial charge is 0.222 e. The quantitative estimate of drug-likeness (QED) is 0.599. The first-order valence-electron chi connectivity index (χ1n) is 9.75. The summed E-state index contributed by atoms with van der Waals surface area (Å²) in [4.78, 5) is 14.6. The van der Waals surface area contributed by atoms with Crippen LogP contribution in [0.25, 0.3) is 0 Å². The van der Waals surface area contributed by atoms with Crippen LogP contribution in [0.5, 0.6) is 0 Å². The lowest BCUT2D eigenvalue weighted by atomic mass is 9.75. The van der Waals surface area contributed by atoms with Gasteiger partial charge in [-0.15, -0.1) is 0 Å². The highest BCUT2D eigenvalue weighted by Crippen LogP contribution is 2.47. The van der Waals surface area contributed by atoms with E-state index in [-0.39, 0.29) is 16.4 Å². The van der Waals surface area contributed by atoms with E-state index >= 15 is 0 Å². The minimum Gasteiger partial charge on any atom is -0.415 e. The van der Waals surface area contributed by atoms with Gasteiger partial charge < -0.3 is 9.33 Å². The second-order valence-electron chi connectivity index (χ2n) is 9.47. The van der Waals surface area contributed by atoms with Crippen LogP contribution in [0.4, 0.5) is 0 Å². The molecule has 1 amide bonds. The maximum absolute atomic E-state index is 12.5. The Morgan fingerprint density at radius 2 is 1.92 bits per heavy atom. The van der Waals surface area contributed by atoms with Crippen molar-refractivity contribution in [3.63, 3.8) is 0 Å². The van der Waals surface area contributed by atoms with Crippen molar-refractivity contribution in [1.29, 1.82) is 0 Å². The number of hydrogen-bond donors (Lipinski definition) is 0. The van der Waals surface area contributed by atoms with E-state index in [2.05, 4.69) is 72.9 Å². The van der Waals surface area contributed by atoms with Gasteiger partial charge in [0, 0.05) is 29.4 Å². The molecule has 3 rings (SSSR count). The van der Waals surface area contributed by atoms with Crippen LogP contribution in [0, 0.1) is 0 Å². The monoisotopic (exact) mass is 437 g/mol. The van der Waals surface area contributed by atoms with Crippen LogP contribution in [-0.4, -0.2) is 38.8 Å². The minimum atomic E-state index is -1.76. The number of carbonyl (C=O) groups excluding carboxylic acids is 1. The average molecular weight is 438 g/mol. The van der Waals surface area contributed by atoms with E-state index in [0.29, 0.717) is 13.0 Å². The molecule has 1 fully saturated rings. The van der Waals surface area contributed by atoms with E-state index in [1.54, 1.807) is 0 Å². The Morgan fingerprint density at radius 3 is 2.62 bits per heavy atom. The number of amides is 1. The molecular weight excluding hydrogens is 406 g/mol. The highest BCUT2D eigenvalue weighted by Gasteiger charge is 2.44. The summed E-state index contributed by atoms with van der Waals surface area (Å²) in [6.45, 7) is 13.5. The van der Waals surface area contributed by atoms with E-state index in [9.17, 15) is 4.79 Å². The van der Waals surface area contributed by atoms with Crippen molar-refractivity contribution in [3.8, 4) is 0 Å². The van der Waals surface area contributed by atoms with Crippen molar-refractivity contribution in [2.24, 2.45) is 0 Å². The SMILES string of the molecule is CC(C)(C)[Si](C)(C)OCCN1CC2(CCC1=O)CCc1c(Br)cccc12. The summed E-state index contributed by atoms with van der Waals surface area (Å²) in [5, 5.41) is 0.205. The maximum atomic E-state index is 12.5. The molecule has 1 atom stereocenters. The average Bonchev–Trinajstić information content (AvgIpc) is 2.90. The predicted octanol–water partition coefficient (Wildman–Crippen LogP) is 5.28. The van der Waals surface area contributed by atoms with Gasteiger partial charge in [-0.3, -0.25) is 4.79 Å². The van der Waals surface area contributed by atoms with Crippen molar-refractivity contribution in [2.75, 3.05) is 19.7 Å². The fourth-order valence-electron chi connectivity index (χ4n) is 4.10. The molecule has 26 heavy (non-hydrogen) atoms. The molecule has 2 aliphatic rings. The van der Waals surface area contributed by atoms with E-state index in [1.165, 1.54) is 15.6 Å². The van der Waals surface area contributed by atoms with Crippen molar-refractivity contribution in [2.45, 2.75) is 70.0 Å². The Morgan fingerprint density at radius 1 is 1.23 bits per heavy atom. The standard InChI is InChI=1S/C21H32BrNO2Si/c1-20(2,3)26(4,5)25-14-13-23-15-21(12-10-19(23)24)11-9-16-17(21)7-6-8-18(16)22/h6-8H,9-15H2,1-5H3. The maximum Gasteiger partial charge on any atom is 0.222 e. The molecule has 0 N–H and O–H groups in total. The van der Waals surface area contributed by atoms with Crippen LogP contribution in [-0.2, 0) is 21.1 Å². The van der Waals surface area contributed by atoms with E-state index < -0.39 is 8.32 Å². The third-order valence-corrected chi connectivity index (χ3v) is 12.1. The first-order chi connectivity index (χ1) is 12.1. The largest absolute Gasteiger partial charge is 0.415 e. The number of halogens is 1. The van der Waals surface area contributed by atoms with Crippen molar-refractivity contribution in [1.82, 2.24) is 4.90 Å².